The standard InChI is InChI=1S/C43H59F3N4Se2/c1-7-9-11-13-15-21-30-47-34-24-17-19-26-36(34)49(41(47)51-32(3)4)38-28-23-29-39(40(38)43(44,45)46)50-37-27-20-18-25-35(37)48(42(50)52-33(5)6)31-22-16-14-12-10-8-2/h17-20,23-29,32-33H,7-16,21-22,30-31H2,1-6H3/q+2. The van der Waals surface area contributed by atoms with Gasteiger partial charge in [-0.1, -0.05) is 0 Å². The van der Waals surface area contributed by atoms with Crippen LogP contribution in [0.15, 0.2) is 66.7 Å². The van der Waals surface area contributed by atoms with Crippen molar-refractivity contribution in [2.24, 2.45) is 0 Å². The summed E-state index contributed by atoms with van der Waals surface area (Å²) < 4.78 is 58.5. The normalized spacial score (nSPS) is 12.4. The van der Waals surface area contributed by atoms with Crippen molar-refractivity contribution in [3.8, 4) is 11.4 Å². The predicted octanol–water partition coefficient (Wildman–Crippen LogP) is 10.2. The molecular weight excluding hydrogens is 787 g/mol. The van der Waals surface area contributed by atoms with Crippen LogP contribution in [0.2, 0.25) is 9.63 Å². The molecule has 0 radical (unpaired) electrons. The number of fused-ring (bicyclic) bond motifs is 2. The fraction of sp³-hybridized carbons (Fsp3) is 0.535. The van der Waals surface area contributed by atoms with Crippen molar-refractivity contribution in [2.75, 3.05) is 0 Å². The summed E-state index contributed by atoms with van der Waals surface area (Å²) in [6.07, 6.45) is 9.50. The number of aryl methyl sites for hydroxylation is 2. The van der Waals surface area contributed by atoms with E-state index in [1.165, 1.54) is 51.4 Å². The number of para-hydroxylation sites is 4. The molecule has 0 saturated carbocycles. The minimum atomic E-state index is -4.58. The number of alkyl halides is 3. The van der Waals surface area contributed by atoms with Gasteiger partial charge in [0, 0.05) is 0 Å². The molecule has 0 aliphatic heterocycles. The Kier molecular flexibility index (Phi) is 15.0. The Morgan fingerprint density at radius 2 is 0.923 bits per heavy atom. The molecule has 5 rings (SSSR count). The van der Waals surface area contributed by atoms with E-state index < -0.39 is 11.7 Å². The molecule has 0 amide bonds. The number of nitrogens with zero attached hydrogens (tertiary/aromatic N) is 4. The topological polar surface area (TPSA) is 17.6 Å². The Balaban J connectivity index is 1.72. The second-order valence-electron chi connectivity index (χ2n) is 14.6. The zero-order chi connectivity index (χ0) is 37.3. The first-order chi connectivity index (χ1) is 25.1. The van der Waals surface area contributed by atoms with Crippen LogP contribution in [0, 0.1) is 0 Å². The van der Waals surface area contributed by atoms with Crippen LogP contribution in [0.25, 0.3) is 33.4 Å². The molecule has 0 spiro atoms. The molecule has 0 bridgehead atoms. The summed E-state index contributed by atoms with van der Waals surface area (Å²) in [6.45, 7) is 14.8. The fourth-order valence-electron chi connectivity index (χ4n) is 7.26. The van der Waals surface area contributed by atoms with Gasteiger partial charge in [0.05, 0.1) is 0 Å². The summed E-state index contributed by atoms with van der Waals surface area (Å²) in [6, 6.07) is 21.4. The summed E-state index contributed by atoms with van der Waals surface area (Å²) in [7, 11) is 0. The number of rotatable bonds is 20. The van der Waals surface area contributed by atoms with E-state index in [1.54, 1.807) is 12.1 Å². The molecule has 282 valence electrons. The van der Waals surface area contributed by atoms with Crippen LogP contribution >= 0.6 is 0 Å². The van der Waals surface area contributed by atoms with E-state index in [9.17, 15) is 0 Å². The summed E-state index contributed by atoms with van der Waals surface area (Å²) in [5.41, 5.74) is 3.61. The molecule has 0 N–H and O–H groups in total. The molecule has 0 aliphatic rings. The maximum atomic E-state index is 16.0. The first kappa shape index (κ1) is 40.6. The average molecular weight is 847 g/mol. The van der Waals surface area contributed by atoms with Gasteiger partial charge in [-0.05, 0) is 0 Å². The molecule has 3 aromatic carbocycles. The first-order valence-electron chi connectivity index (χ1n) is 19.7. The van der Waals surface area contributed by atoms with Gasteiger partial charge >= 0.3 is 324 Å². The van der Waals surface area contributed by atoms with Crippen LogP contribution in [-0.4, -0.2) is 39.0 Å². The van der Waals surface area contributed by atoms with E-state index in [0.29, 0.717) is 9.63 Å². The Hall–Kier alpha value is -2.57. The van der Waals surface area contributed by atoms with E-state index in [-0.39, 0.29) is 41.3 Å². The summed E-state index contributed by atoms with van der Waals surface area (Å²) in [5.74, 6) is 0. The third-order valence-corrected chi connectivity index (χ3v) is 14.2. The quantitative estimate of drug-likeness (QED) is 0.0422. The minimum absolute atomic E-state index is 0.0493. The number of unbranched alkanes of at least 4 members (excludes halogenated alkanes) is 10. The van der Waals surface area contributed by atoms with Gasteiger partial charge in [-0.3, -0.25) is 0 Å². The van der Waals surface area contributed by atoms with E-state index >= 15 is 13.2 Å². The Morgan fingerprint density at radius 3 is 1.31 bits per heavy atom. The van der Waals surface area contributed by atoms with Gasteiger partial charge in [-0.25, -0.2) is 0 Å². The molecule has 4 nitrogen and oxygen atoms in total. The number of aromatic nitrogens is 4. The third kappa shape index (κ3) is 9.56. The SMILES string of the molecule is CCCCCCCC[n+]1c([Se]C(C)C)n(-c2cccc(-n3c([Se]C(C)C)[n+](CCCCCCCC)c4ccccc43)c2C(F)(F)F)c2ccccc21. The van der Waals surface area contributed by atoms with Crippen LogP contribution in [0.3, 0.4) is 0 Å². The molecule has 0 unspecified atom stereocenters. The molecule has 5 aromatic rings. The maximum absolute atomic E-state index is 16.0. The van der Waals surface area contributed by atoms with Crippen LogP contribution in [0.5, 0.6) is 0 Å². The second-order valence-corrected chi connectivity index (χ2v) is 21.0. The number of benzene rings is 3. The van der Waals surface area contributed by atoms with E-state index in [0.717, 1.165) is 70.3 Å². The molecule has 2 aromatic heterocycles. The van der Waals surface area contributed by atoms with E-state index in [4.69, 9.17) is 0 Å². The van der Waals surface area contributed by atoms with Crippen LogP contribution in [0.4, 0.5) is 13.2 Å². The van der Waals surface area contributed by atoms with Gasteiger partial charge in [0.2, 0.25) is 0 Å². The first-order valence-corrected chi connectivity index (χ1v) is 23.4. The molecule has 0 saturated heterocycles. The molecule has 2 heterocycles. The van der Waals surface area contributed by atoms with Crippen LogP contribution < -0.4 is 18.6 Å². The Morgan fingerprint density at radius 1 is 0.538 bits per heavy atom. The molecule has 0 aliphatic carbocycles. The number of hydrogen-bond donors (Lipinski definition) is 0. The average Bonchev–Trinajstić information content (AvgIpc) is 3.57. The van der Waals surface area contributed by atoms with Crippen LogP contribution in [-0.2, 0) is 19.3 Å². The molecule has 0 fully saturated rings. The van der Waals surface area contributed by atoms with E-state index in [1.807, 2.05) is 51.6 Å². The van der Waals surface area contributed by atoms with Crippen molar-refractivity contribution in [1.82, 2.24) is 9.13 Å². The van der Waals surface area contributed by atoms with Gasteiger partial charge < -0.3 is 0 Å². The fourth-order valence-corrected chi connectivity index (χ4v) is 11.6. The zero-order valence-corrected chi connectivity index (χ0v) is 35.6. The van der Waals surface area contributed by atoms with Gasteiger partial charge in [0.25, 0.3) is 0 Å². The Labute approximate surface area is 322 Å². The monoisotopic (exact) mass is 848 g/mol. The zero-order valence-electron chi connectivity index (χ0n) is 32.1. The number of hydrogen-bond acceptors (Lipinski definition) is 0. The molecular formula is C43H59F3N4Se2+2. The third-order valence-electron chi connectivity index (χ3n) is 9.61. The van der Waals surface area contributed by atoms with Gasteiger partial charge in [0.1, 0.15) is 0 Å². The van der Waals surface area contributed by atoms with Crippen molar-refractivity contribution in [3.63, 3.8) is 0 Å². The summed E-state index contributed by atoms with van der Waals surface area (Å²) >= 11 is -0.0986. The number of halogens is 3. The van der Waals surface area contributed by atoms with Crippen molar-refractivity contribution < 1.29 is 22.3 Å². The van der Waals surface area contributed by atoms with Gasteiger partial charge in [-0.15, -0.1) is 0 Å². The summed E-state index contributed by atoms with van der Waals surface area (Å²) in [4.78, 5) is 0.664. The van der Waals surface area contributed by atoms with Crippen molar-refractivity contribution in [1.29, 1.82) is 0 Å². The van der Waals surface area contributed by atoms with E-state index in [2.05, 4.69) is 62.8 Å². The molecule has 52 heavy (non-hydrogen) atoms. The Bertz CT molecular complexity index is 1760. The van der Waals surface area contributed by atoms with Crippen LogP contribution in [0.1, 0.15) is 124 Å². The second kappa shape index (κ2) is 19.1. The van der Waals surface area contributed by atoms with Crippen molar-refractivity contribution >= 4 is 61.4 Å². The van der Waals surface area contributed by atoms with Gasteiger partial charge in [-0.2, -0.15) is 0 Å². The molecule has 9 heteroatoms. The van der Waals surface area contributed by atoms with Crippen molar-refractivity contribution in [2.45, 2.75) is 147 Å². The number of imidazole rings is 2. The molecule has 0 atom stereocenters. The van der Waals surface area contributed by atoms with Crippen molar-refractivity contribution in [3.05, 3.63) is 72.3 Å². The summed E-state index contributed by atoms with van der Waals surface area (Å²) in [5, 5.41) is 0. The van der Waals surface area contributed by atoms with Gasteiger partial charge in [0.15, 0.2) is 0 Å². The predicted molar refractivity (Wildman–Crippen MR) is 213 cm³/mol.